The predicted molar refractivity (Wildman–Crippen MR) is 142 cm³/mol. The Morgan fingerprint density at radius 2 is 1.72 bits per heavy atom. The SMILES string of the molecule is C[C@@]1(c2cc(F)cc(F)c2)CNC2(CCCC2)C(=O)N1Cc1ccc2c(c1)C[C@@]1(C2)C(=O)Nc2ncccc21. The molecule has 4 aliphatic rings. The molecule has 7 rings (SSSR count). The monoisotopic (exact) mass is 528 g/mol. The predicted octanol–water partition coefficient (Wildman–Crippen LogP) is 4.51. The number of aromatic nitrogens is 1. The molecule has 0 unspecified atom stereocenters. The fraction of sp³-hybridized carbons (Fsp3) is 0.387. The maximum atomic E-state index is 14.3. The van der Waals surface area contributed by atoms with Crippen molar-refractivity contribution in [1.29, 1.82) is 0 Å². The third kappa shape index (κ3) is 3.57. The second-order valence-corrected chi connectivity index (χ2v) is 11.9. The maximum absolute atomic E-state index is 14.3. The number of piperazine rings is 1. The third-order valence-corrected chi connectivity index (χ3v) is 9.55. The Labute approximate surface area is 225 Å². The molecule has 3 aromatic rings. The summed E-state index contributed by atoms with van der Waals surface area (Å²) in [6, 6.07) is 13.5. The van der Waals surface area contributed by atoms with Gasteiger partial charge in [-0.25, -0.2) is 13.8 Å². The summed E-state index contributed by atoms with van der Waals surface area (Å²) in [6.45, 7) is 2.59. The minimum atomic E-state index is -0.940. The van der Waals surface area contributed by atoms with Gasteiger partial charge in [0.05, 0.1) is 16.5 Å². The molecule has 2 aliphatic carbocycles. The van der Waals surface area contributed by atoms with Crippen LogP contribution in [0.4, 0.5) is 14.6 Å². The standard InChI is InChI=1S/C31H30F2N4O2/c1-29(22-12-23(32)14-24(33)13-22)18-35-31(8-2-3-9-31)28(39)37(29)17-19-6-7-20-15-30(16-21(20)11-19)25-5-4-10-34-26(25)36-27(30)38/h4-7,10-14,35H,2-3,8-9,15-18H2,1H3,(H,34,36,38)/t29-,30+/m0/s1. The van der Waals surface area contributed by atoms with E-state index in [1.54, 1.807) is 6.20 Å². The number of nitrogens with one attached hydrogen (secondary N) is 2. The lowest BCUT2D eigenvalue weighted by Crippen LogP contribution is -2.69. The normalized spacial score (nSPS) is 26.8. The number of fused-ring (bicyclic) bond motifs is 3. The maximum Gasteiger partial charge on any atom is 0.243 e. The fourth-order valence-electron chi connectivity index (χ4n) is 7.33. The Balaban J connectivity index is 1.25. The van der Waals surface area contributed by atoms with Gasteiger partial charge in [-0.3, -0.25) is 9.59 Å². The number of nitrogens with zero attached hydrogens (tertiary/aromatic N) is 2. The van der Waals surface area contributed by atoms with Crippen LogP contribution in [0.25, 0.3) is 0 Å². The number of anilines is 1. The average Bonchev–Trinajstić information content (AvgIpc) is 3.61. The lowest BCUT2D eigenvalue weighted by Gasteiger charge is -2.52. The van der Waals surface area contributed by atoms with Crippen molar-refractivity contribution in [2.45, 2.75) is 68.5 Å². The molecule has 0 bridgehead atoms. The van der Waals surface area contributed by atoms with Crippen molar-refractivity contribution in [2.75, 3.05) is 11.9 Å². The second kappa shape index (κ2) is 8.42. The van der Waals surface area contributed by atoms with Crippen LogP contribution in [-0.4, -0.2) is 33.8 Å². The van der Waals surface area contributed by atoms with Crippen LogP contribution in [0, 0.1) is 11.6 Å². The first-order chi connectivity index (χ1) is 18.7. The Morgan fingerprint density at radius 3 is 2.49 bits per heavy atom. The van der Waals surface area contributed by atoms with Crippen molar-refractivity contribution in [1.82, 2.24) is 15.2 Å². The molecule has 2 spiro atoms. The Bertz CT molecular complexity index is 1510. The number of carbonyl (C=O) groups excluding carboxylic acids is 2. The molecule has 2 aromatic carbocycles. The molecule has 2 fully saturated rings. The highest BCUT2D eigenvalue weighted by Gasteiger charge is 2.54. The molecule has 1 saturated carbocycles. The van der Waals surface area contributed by atoms with Crippen LogP contribution in [0.1, 0.15) is 60.4 Å². The Kier molecular flexibility index (Phi) is 5.27. The molecule has 0 radical (unpaired) electrons. The third-order valence-electron chi connectivity index (χ3n) is 9.55. The molecule has 6 nitrogen and oxygen atoms in total. The molecule has 2 N–H and O–H groups in total. The zero-order chi connectivity index (χ0) is 27.0. The molecule has 1 aromatic heterocycles. The van der Waals surface area contributed by atoms with E-state index in [2.05, 4.69) is 27.8 Å². The van der Waals surface area contributed by atoms with Gasteiger partial charge in [0.2, 0.25) is 11.8 Å². The first-order valence-electron chi connectivity index (χ1n) is 13.6. The van der Waals surface area contributed by atoms with Gasteiger partial charge in [0, 0.05) is 30.9 Å². The molecule has 8 heteroatoms. The molecule has 1 saturated heterocycles. The number of benzene rings is 2. The van der Waals surface area contributed by atoms with E-state index >= 15 is 0 Å². The Morgan fingerprint density at radius 1 is 0.974 bits per heavy atom. The first-order valence-corrected chi connectivity index (χ1v) is 13.6. The second-order valence-electron chi connectivity index (χ2n) is 11.9. The van der Waals surface area contributed by atoms with Gasteiger partial charge in [0.15, 0.2) is 0 Å². The van der Waals surface area contributed by atoms with E-state index < -0.39 is 28.1 Å². The molecule has 39 heavy (non-hydrogen) atoms. The summed E-state index contributed by atoms with van der Waals surface area (Å²) in [5, 5.41) is 6.44. The van der Waals surface area contributed by atoms with Gasteiger partial charge in [-0.2, -0.15) is 0 Å². The highest BCUT2D eigenvalue weighted by Crippen LogP contribution is 2.47. The van der Waals surface area contributed by atoms with E-state index in [4.69, 9.17) is 0 Å². The van der Waals surface area contributed by atoms with Gasteiger partial charge in [-0.1, -0.05) is 37.1 Å². The van der Waals surface area contributed by atoms with Gasteiger partial charge in [-0.05, 0) is 73.1 Å². The molecule has 2 amide bonds. The smallest absolute Gasteiger partial charge is 0.243 e. The number of pyridine rings is 1. The van der Waals surface area contributed by atoms with E-state index in [1.165, 1.54) is 12.1 Å². The summed E-state index contributed by atoms with van der Waals surface area (Å²) >= 11 is 0. The van der Waals surface area contributed by atoms with E-state index in [0.29, 0.717) is 37.3 Å². The Hall–Kier alpha value is -3.65. The van der Waals surface area contributed by atoms with Gasteiger partial charge in [0.25, 0.3) is 0 Å². The fourth-order valence-corrected chi connectivity index (χ4v) is 7.33. The van der Waals surface area contributed by atoms with Crippen LogP contribution in [0.5, 0.6) is 0 Å². The first kappa shape index (κ1) is 24.4. The molecular weight excluding hydrogens is 498 g/mol. The van der Waals surface area contributed by atoms with Crippen LogP contribution in [-0.2, 0) is 39.9 Å². The van der Waals surface area contributed by atoms with Crippen molar-refractivity contribution >= 4 is 17.6 Å². The van der Waals surface area contributed by atoms with Crippen LogP contribution in [0.2, 0.25) is 0 Å². The van der Waals surface area contributed by atoms with E-state index in [9.17, 15) is 18.4 Å². The van der Waals surface area contributed by atoms with Crippen molar-refractivity contribution < 1.29 is 18.4 Å². The number of amides is 2. The van der Waals surface area contributed by atoms with E-state index in [-0.39, 0.29) is 11.8 Å². The number of rotatable bonds is 3. The summed E-state index contributed by atoms with van der Waals surface area (Å²) in [6.07, 6.45) is 6.29. The van der Waals surface area contributed by atoms with Gasteiger partial charge in [0.1, 0.15) is 17.5 Å². The molecule has 2 atom stereocenters. The number of hydrogen-bond acceptors (Lipinski definition) is 4. The summed E-state index contributed by atoms with van der Waals surface area (Å²) in [7, 11) is 0. The van der Waals surface area contributed by atoms with Crippen LogP contribution in [0.15, 0.2) is 54.7 Å². The van der Waals surface area contributed by atoms with Crippen molar-refractivity contribution in [3.8, 4) is 0 Å². The minimum Gasteiger partial charge on any atom is -0.326 e. The number of hydrogen-bond donors (Lipinski definition) is 2. The molecule has 3 heterocycles. The average molecular weight is 529 g/mol. The van der Waals surface area contributed by atoms with Gasteiger partial charge >= 0.3 is 0 Å². The molecule has 2 aliphatic heterocycles. The van der Waals surface area contributed by atoms with E-state index in [0.717, 1.165) is 54.0 Å². The zero-order valence-electron chi connectivity index (χ0n) is 21.8. The van der Waals surface area contributed by atoms with Crippen molar-refractivity contribution in [2.24, 2.45) is 0 Å². The van der Waals surface area contributed by atoms with Gasteiger partial charge in [-0.15, -0.1) is 0 Å². The molecule has 200 valence electrons. The van der Waals surface area contributed by atoms with Crippen LogP contribution < -0.4 is 10.6 Å². The minimum absolute atomic E-state index is 0.0226. The topological polar surface area (TPSA) is 74.3 Å². The van der Waals surface area contributed by atoms with Crippen molar-refractivity contribution in [3.63, 3.8) is 0 Å². The molecular formula is C31H30F2N4O2. The lowest BCUT2D eigenvalue weighted by molar-refractivity contribution is -0.152. The van der Waals surface area contributed by atoms with Gasteiger partial charge < -0.3 is 15.5 Å². The number of carbonyl (C=O) groups is 2. The van der Waals surface area contributed by atoms with Crippen LogP contribution >= 0.6 is 0 Å². The summed E-state index contributed by atoms with van der Waals surface area (Å²) in [5.41, 5.74) is 2.23. The van der Waals surface area contributed by atoms with Crippen LogP contribution in [0.3, 0.4) is 0 Å². The quantitative estimate of drug-likeness (QED) is 0.525. The number of halogens is 2. The highest BCUT2D eigenvalue weighted by molar-refractivity contribution is 6.06. The van der Waals surface area contributed by atoms with E-state index in [1.807, 2.05) is 30.0 Å². The summed E-state index contributed by atoms with van der Waals surface area (Å²) < 4.78 is 28.7. The largest absolute Gasteiger partial charge is 0.326 e. The highest BCUT2D eigenvalue weighted by atomic mass is 19.1. The summed E-state index contributed by atoms with van der Waals surface area (Å²) in [4.78, 5) is 33.5. The lowest BCUT2D eigenvalue weighted by atomic mass is 9.79. The zero-order valence-corrected chi connectivity index (χ0v) is 21.8. The van der Waals surface area contributed by atoms with Crippen molar-refractivity contribution in [3.05, 3.63) is 94.2 Å². The summed E-state index contributed by atoms with van der Waals surface area (Å²) in [5.74, 6) is -0.748.